The fourth-order valence-corrected chi connectivity index (χ4v) is 3.11. The van der Waals surface area contributed by atoms with E-state index in [0.29, 0.717) is 18.2 Å². The molecule has 1 aromatic heterocycles. The molecule has 0 bridgehead atoms. The molecule has 0 radical (unpaired) electrons. The standard InChI is InChI=1S/C20H26N4O2/c1-15-14-18(23-20(22-15)24-12-4-3-5-13-24)19(25)21-11-10-16-6-8-17(26-2)9-7-16/h6-9,14H,3-5,10-13H2,1-2H3,(H,21,25). The van der Waals surface area contributed by atoms with E-state index in [9.17, 15) is 4.79 Å². The predicted octanol–water partition coefficient (Wildman–Crippen LogP) is 2.76. The van der Waals surface area contributed by atoms with Crippen LogP contribution in [0, 0.1) is 6.92 Å². The van der Waals surface area contributed by atoms with Gasteiger partial charge in [-0.15, -0.1) is 0 Å². The van der Waals surface area contributed by atoms with Crippen molar-refractivity contribution in [3.8, 4) is 5.75 Å². The number of anilines is 1. The van der Waals surface area contributed by atoms with E-state index in [1.54, 1.807) is 13.2 Å². The maximum Gasteiger partial charge on any atom is 0.270 e. The van der Waals surface area contributed by atoms with Crippen molar-refractivity contribution in [2.45, 2.75) is 32.6 Å². The summed E-state index contributed by atoms with van der Waals surface area (Å²) in [5.74, 6) is 1.35. The first-order valence-corrected chi connectivity index (χ1v) is 9.17. The summed E-state index contributed by atoms with van der Waals surface area (Å²) in [5.41, 5.74) is 2.41. The Balaban J connectivity index is 1.59. The second kappa shape index (κ2) is 8.65. The van der Waals surface area contributed by atoms with Crippen LogP contribution in [0.1, 0.15) is 41.0 Å². The van der Waals surface area contributed by atoms with Crippen LogP contribution in [0.15, 0.2) is 30.3 Å². The minimum absolute atomic E-state index is 0.151. The van der Waals surface area contributed by atoms with E-state index in [0.717, 1.165) is 49.4 Å². The van der Waals surface area contributed by atoms with Gasteiger partial charge in [-0.3, -0.25) is 4.79 Å². The Morgan fingerprint density at radius 1 is 1.15 bits per heavy atom. The van der Waals surface area contributed by atoms with Gasteiger partial charge in [0.1, 0.15) is 11.4 Å². The monoisotopic (exact) mass is 354 g/mol. The van der Waals surface area contributed by atoms with Gasteiger partial charge in [0.2, 0.25) is 5.95 Å². The van der Waals surface area contributed by atoms with Crippen LogP contribution in [-0.2, 0) is 6.42 Å². The van der Waals surface area contributed by atoms with Crippen LogP contribution in [0.4, 0.5) is 5.95 Å². The third kappa shape index (κ3) is 4.71. The summed E-state index contributed by atoms with van der Waals surface area (Å²) in [6.45, 7) is 4.39. The Morgan fingerprint density at radius 2 is 1.88 bits per heavy atom. The minimum Gasteiger partial charge on any atom is -0.497 e. The lowest BCUT2D eigenvalue weighted by Crippen LogP contribution is -2.32. The average Bonchev–Trinajstić information content (AvgIpc) is 2.68. The number of carbonyl (C=O) groups excluding carboxylic acids is 1. The number of nitrogens with one attached hydrogen (secondary N) is 1. The molecule has 1 amide bonds. The first kappa shape index (κ1) is 18.2. The Labute approximate surface area is 154 Å². The van der Waals surface area contributed by atoms with E-state index in [1.165, 1.54) is 6.42 Å². The summed E-state index contributed by atoms with van der Waals surface area (Å²) >= 11 is 0. The van der Waals surface area contributed by atoms with Gasteiger partial charge in [-0.2, -0.15) is 0 Å². The van der Waals surface area contributed by atoms with Gasteiger partial charge >= 0.3 is 0 Å². The predicted molar refractivity (Wildman–Crippen MR) is 102 cm³/mol. The number of ether oxygens (including phenoxy) is 1. The normalized spacial score (nSPS) is 14.2. The molecule has 1 fully saturated rings. The molecule has 3 rings (SSSR count). The smallest absolute Gasteiger partial charge is 0.270 e. The van der Waals surface area contributed by atoms with E-state index >= 15 is 0 Å². The molecule has 1 aliphatic rings. The Hall–Kier alpha value is -2.63. The van der Waals surface area contributed by atoms with E-state index in [1.807, 2.05) is 31.2 Å². The molecule has 0 atom stereocenters. The molecular weight excluding hydrogens is 328 g/mol. The van der Waals surface area contributed by atoms with E-state index in [-0.39, 0.29) is 5.91 Å². The summed E-state index contributed by atoms with van der Waals surface area (Å²) in [6.07, 6.45) is 4.32. The summed E-state index contributed by atoms with van der Waals surface area (Å²) in [7, 11) is 1.65. The van der Waals surface area contributed by atoms with Gasteiger partial charge in [0.25, 0.3) is 5.91 Å². The zero-order valence-corrected chi connectivity index (χ0v) is 15.5. The van der Waals surface area contributed by atoms with Crippen LogP contribution < -0.4 is 15.0 Å². The van der Waals surface area contributed by atoms with Crippen molar-refractivity contribution >= 4 is 11.9 Å². The number of carbonyl (C=O) groups is 1. The lowest BCUT2D eigenvalue weighted by Gasteiger charge is -2.27. The Bertz CT molecular complexity index is 740. The summed E-state index contributed by atoms with van der Waals surface area (Å²) in [5, 5.41) is 2.95. The molecule has 2 heterocycles. The highest BCUT2D eigenvalue weighted by atomic mass is 16.5. The van der Waals surface area contributed by atoms with Crippen molar-refractivity contribution in [2.75, 3.05) is 31.6 Å². The number of amides is 1. The van der Waals surface area contributed by atoms with Crippen molar-refractivity contribution in [3.05, 3.63) is 47.3 Å². The number of aromatic nitrogens is 2. The molecule has 6 nitrogen and oxygen atoms in total. The summed E-state index contributed by atoms with van der Waals surface area (Å²) < 4.78 is 5.15. The van der Waals surface area contributed by atoms with Gasteiger partial charge in [-0.25, -0.2) is 9.97 Å². The number of piperidine rings is 1. The fraction of sp³-hybridized carbons (Fsp3) is 0.450. The first-order valence-electron chi connectivity index (χ1n) is 9.17. The molecule has 0 spiro atoms. The van der Waals surface area contributed by atoms with Gasteiger partial charge in [-0.05, 0) is 56.4 Å². The highest BCUT2D eigenvalue weighted by molar-refractivity contribution is 5.92. The molecule has 1 aliphatic heterocycles. The van der Waals surface area contributed by atoms with Crippen molar-refractivity contribution < 1.29 is 9.53 Å². The van der Waals surface area contributed by atoms with E-state index < -0.39 is 0 Å². The maximum atomic E-state index is 12.5. The Morgan fingerprint density at radius 3 is 2.58 bits per heavy atom. The average molecular weight is 354 g/mol. The molecule has 138 valence electrons. The van der Waals surface area contributed by atoms with Gasteiger partial charge in [0, 0.05) is 25.3 Å². The highest BCUT2D eigenvalue weighted by Crippen LogP contribution is 2.17. The maximum absolute atomic E-state index is 12.5. The molecule has 0 aliphatic carbocycles. The number of hydrogen-bond acceptors (Lipinski definition) is 5. The van der Waals surface area contributed by atoms with E-state index in [2.05, 4.69) is 20.2 Å². The quantitative estimate of drug-likeness (QED) is 0.864. The number of methoxy groups -OCH3 is 1. The number of aryl methyl sites for hydroxylation is 1. The van der Waals surface area contributed by atoms with Crippen molar-refractivity contribution in [1.29, 1.82) is 0 Å². The second-order valence-electron chi connectivity index (χ2n) is 6.60. The molecule has 0 saturated carbocycles. The molecule has 1 aromatic carbocycles. The third-order valence-corrected chi connectivity index (χ3v) is 4.57. The van der Waals surface area contributed by atoms with Gasteiger partial charge in [-0.1, -0.05) is 12.1 Å². The fourth-order valence-electron chi connectivity index (χ4n) is 3.11. The van der Waals surface area contributed by atoms with Crippen LogP contribution in [-0.4, -0.2) is 42.6 Å². The first-order chi connectivity index (χ1) is 12.7. The zero-order valence-electron chi connectivity index (χ0n) is 15.5. The molecule has 6 heteroatoms. The van der Waals surface area contributed by atoms with Crippen LogP contribution in [0.25, 0.3) is 0 Å². The number of nitrogens with zero attached hydrogens (tertiary/aromatic N) is 3. The van der Waals surface area contributed by atoms with Gasteiger partial charge in [0.05, 0.1) is 7.11 Å². The van der Waals surface area contributed by atoms with Crippen LogP contribution in [0.5, 0.6) is 5.75 Å². The number of hydrogen-bond donors (Lipinski definition) is 1. The molecule has 1 N–H and O–H groups in total. The number of rotatable bonds is 6. The Kier molecular flexibility index (Phi) is 6.04. The molecule has 26 heavy (non-hydrogen) atoms. The largest absolute Gasteiger partial charge is 0.497 e. The van der Waals surface area contributed by atoms with E-state index in [4.69, 9.17) is 4.74 Å². The van der Waals surface area contributed by atoms with Crippen molar-refractivity contribution in [1.82, 2.24) is 15.3 Å². The van der Waals surface area contributed by atoms with Crippen molar-refractivity contribution in [3.63, 3.8) is 0 Å². The minimum atomic E-state index is -0.151. The third-order valence-electron chi connectivity index (χ3n) is 4.57. The highest BCUT2D eigenvalue weighted by Gasteiger charge is 2.17. The lowest BCUT2D eigenvalue weighted by molar-refractivity contribution is 0.0949. The molecular formula is C20H26N4O2. The molecule has 0 unspecified atom stereocenters. The lowest BCUT2D eigenvalue weighted by atomic mass is 10.1. The van der Waals surface area contributed by atoms with Crippen LogP contribution in [0.3, 0.4) is 0 Å². The molecule has 1 saturated heterocycles. The summed E-state index contributed by atoms with van der Waals surface area (Å²) in [6, 6.07) is 9.62. The van der Waals surface area contributed by atoms with Crippen molar-refractivity contribution in [2.24, 2.45) is 0 Å². The van der Waals surface area contributed by atoms with Crippen LogP contribution in [0.2, 0.25) is 0 Å². The zero-order chi connectivity index (χ0) is 18.4. The summed E-state index contributed by atoms with van der Waals surface area (Å²) in [4.78, 5) is 23.7. The number of benzene rings is 1. The van der Waals surface area contributed by atoms with Gasteiger partial charge < -0.3 is 15.0 Å². The molecule has 2 aromatic rings. The van der Waals surface area contributed by atoms with Gasteiger partial charge in [0.15, 0.2) is 0 Å². The SMILES string of the molecule is COc1ccc(CCNC(=O)c2cc(C)nc(N3CCCCC3)n2)cc1. The second-order valence-corrected chi connectivity index (χ2v) is 6.60. The van der Waals surface area contributed by atoms with Crippen LogP contribution >= 0.6 is 0 Å². The topological polar surface area (TPSA) is 67.3 Å².